The lowest BCUT2D eigenvalue weighted by Crippen LogP contribution is -2.35. The van der Waals surface area contributed by atoms with Gasteiger partial charge in [0, 0.05) is 11.1 Å². The van der Waals surface area contributed by atoms with E-state index < -0.39 is 0 Å². The number of halogens is 1. The van der Waals surface area contributed by atoms with E-state index in [1.165, 1.54) is 5.56 Å². The van der Waals surface area contributed by atoms with Crippen molar-refractivity contribution in [3.05, 3.63) is 34.9 Å². The predicted molar refractivity (Wildman–Crippen MR) is 83.7 cm³/mol. The minimum absolute atomic E-state index is 0.415. The molecule has 1 atom stereocenters. The quantitative estimate of drug-likeness (QED) is 0.834. The molecule has 0 bridgehead atoms. The first kappa shape index (κ1) is 14.9. The van der Waals surface area contributed by atoms with Crippen molar-refractivity contribution in [1.29, 1.82) is 0 Å². The van der Waals surface area contributed by atoms with Crippen LogP contribution in [-0.2, 0) is 6.42 Å². The van der Waals surface area contributed by atoms with Gasteiger partial charge in [-0.05, 0) is 47.4 Å². The van der Waals surface area contributed by atoms with Gasteiger partial charge in [-0.1, -0.05) is 58.4 Å². The highest BCUT2D eigenvalue weighted by atomic mass is 35.5. The Morgan fingerprint density at radius 1 is 1.21 bits per heavy atom. The third kappa shape index (κ3) is 2.68. The molecule has 2 heteroatoms. The van der Waals surface area contributed by atoms with E-state index in [4.69, 9.17) is 11.6 Å². The first-order chi connectivity index (χ1) is 8.80. The molecule has 1 nitrogen and oxygen atoms in total. The summed E-state index contributed by atoms with van der Waals surface area (Å²) in [6.07, 6.45) is 1.06. The molecule has 1 fully saturated rings. The summed E-state index contributed by atoms with van der Waals surface area (Å²) in [5, 5.41) is 4.52. The van der Waals surface area contributed by atoms with Gasteiger partial charge in [0.1, 0.15) is 0 Å². The van der Waals surface area contributed by atoms with Crippen LogP contribution in [0.1, 0.15) is 40.2 Å². The van der Waals surface area contributed by atoms with Crippen molar-refractivity contribution in [2.75, 3.05) is 6.54 Å². The van der Waals surface area contributed by atoms with Crippen LogP contribution < -0.4 is 5.32 Å². The number of hydrogen-bond acceptors (Lipinski definition) is 1. The van der Waals surface area contributed by atoms with Crippen molar-refractivity contribution in [3.8, 4) is 0 Å². The fourth-order valence-electron chi connectivity index (χ4n) is 3.74. The molecule has 0 amide bonds. The van der Waals surface area contributed by atoms with Crippen molar-refractivity contribution in [2.45, 2.75) is 47.1 Å². The highest BCUT2D eigenvalue weighted by Gasteiger charge is 2.66. The van der Waals surface area contributed by atoms with E-state index in [1.807, 2.05) is 12.1 Å². The van der Waals surface area contributed by atoms with Crippen LogP contribution in [0.25, 0.3) is 0 Å². The molecular formula is C17H26ClN. The SMILES string of the molecule is CCNC(Cc1cccc(Cl)c1)C1C(C)(C)C1(C)C. The van der Waals surface area contributed by atoms with E-state index in [2.05, 4.69) is 52.1 Å². The van der Waals surface area contributed by atoms with Crippen molar-refractivity contribution in [1.82, 2.24) is 5.32 Å². The van der Waals surface area contributed by atoms with Crippen molar-refractivity contribution in [2.24, 2.45) is 16.7 Å². The van der Waals surface area contributed by atoms with E-state index >= 15 is 0 Å². The van der Waals surface area contributed by atoms with Gasteiger partial charge in [-0.15, -0.1) is 0 Å². The van der Waals surface area contributed by atoms with Crippen molar-refractivity contribution >= 4 is 11.6 Å². The summed E-state index contributed by atoms with van der Waals surface area (Å²) in [4.78, 5) is 0. The molecule has 0 aromatic heterocycles. The van der Waals surface area contributed by atoms with Crippen LogP contribution in [0.15, 0.2) is 24.3 Å². The summed E-state index contributed by atoms with van der Waals surface area (Å²) < 4.78 is 0. The van der Waals surface area contributed by atoms with Gasteiger partial charge >= 0.3 is 0 Å². The molecule has 1 N–H and O–H groups in total. The Labute approximate surface area is 122 Å². The topological polar surface area (TPSA) is 12.0 Å². The van der Waals surface area contributed by atoms with E-state index in [9.17, 15) is 0 Å². The Morgan fingerprint density at radius 2 is 1.84 bits per heavy atom. The standard InChI is InChI=1S/C17H26ClN/c1-6-19-14(15-16(2,3)17(15,4)5)11-12-8-7-9-13(18)10-12/h7-10,14-15,19H,6,11H2,1-5H3. The fraction of sp³-hybridized carbons (Fsp3) is 0.647. The molecule has 1 unspecified atom stereocenters. The number of nitrogens with one attached hydrogen (secondary N) is 1. The van der Waals surface area contributed by atoms with Crippen LogP contribution >= 0.6 is 11.6 Å². The number of rotatable bonds is 5. The molecule has 1 aromatic rings. The van der Waals surface area contributed by atoms with Gasteiger partial charge in [0.15, 0.2) is 0 Å². The zero-order chi connectivity index (χ0) is 14.3. The Morgan fingerprint density at radius 3 is 2.32 bits per heavy atom. The maximum absolute atomic E-state index is 6.09. The maximum atomic E-state index is 6.09. The first-order valence-corrected chi connectivity index (χ1v) is 7.66. The Kier molecular flexibility index (Phi) is 3.99. The average Bonchev–Trinajstić information content (AvgIpc) is 2.69. The zero-order valence-corrected chi connectivity index (χ0v) is 13.5. The summed E-state index contributed by atoms with van der Waals surface area (Å²) >= 11 is 6.09. The van der Waals surface area contributed by atoms with E-state index in [1.54, 1.807) is 0 Å². The molecule has 2 rings (SSSR count). The lowest BCUT2D eigenvalue weighted by atomic mass is 9.97. The van der Waals surface area contributed by atoms with Gasteiger partial charge in [0.25, 0.3) is 0 Å². The summed E-state index contributed by atoms with van der Waals surface area (Å²) in [6.45, 7) is 12.8. The monoisotopic (exact) mass is 279 g/mol. The van der Waals surface area contributed by atoms with Crippen molar-refractivity contribution < 1.29 is 0 Å². The first-order valence-electron chi connectivity index (χ1n) is 7.28. The molecule has 0 saturated heterocycles. The lowest BCUT2D eigenvalue weighted by molar-refractivity contribution is 0.403. The molecule has 0 radical (unpaired) electrons. The van der Waals surface area contributed by atoms with Gasteiger partial charge in [-0.3, -0.25) is 0 Å². The molecule has 0 aliphatic heterocycles. The molecule has 0 spiro atoms. The Hall–Kier alpha value is -0.530. The third-order valence-electron chi connectivity index (χ3n) is 5.35. The molecule has 1 aliphatic rings. The molecule has 19 heavy (non-hydrogen) atoms. The summed E-state index contributed by atoms with van der Waals surface area (Å²) in [7, 11) is 0. The van der Waals surface area contributed by atoms with Crippen LogP contribution in [0.3, 0.4) is 0 Å². The maximum Gasteiger partial charge on any atom is 0.0408 e. The smallest absolute Gasteiger partial charge is 0.0408 e. The number of benzene rings is 1. The summed E-state index contributed by atoms with van der Waals surface area (Å²) in [5.74, 6) is 0.721. The molecular weight excluding hydrogens is 254 g/mol. The highest BCUT2D eigenvalue weighted by molar-refractivity contribution is 6.30. The second-order valence-electron chi connectivity index (χ2n) is 6.92. The second-order valence-corrected chi connectivity index (χ2v) is 7.36. The lowest BCUT2D eigenvalue weighted by Gasteiger charge is -2.20. The number of likely N-dealkylation sites (N-methyl/N-ethyl adjacent to an activating group) is 1. The van der Waals surface area contributed by atoms with Gasteiger partial charge in [0.2, 0.25) is 0 Å². The normalized spacial score (nSPS) is 22.2. The molecule has 1 aliphatic carbocycles. The number of hydrogen-bond donors (Lipinski definition) is 1. The molecule has 1 saturated carbocycles. The van der Waals surface area contributed by atoms with E-state index in [-0.39, 0.29) is 0 Å². The van der Waals surface area contributed by atoms with Gasteiger partial charge in [-0.25, -0.2) is 0 Å². The highest BCUT2D eigenvalue weighted by Crippen LogP contribution is 2.69. The van der Waals surface area contributed by atoms with E-state index in [0.717, 1.165) is 23.9 Å². The van der Waals surface area contributed by atoms with Gasteiger partial charge in [-0.2, -0.15) is 0 Å². The predicted octanol–water partition coefficient (Wildman–Crippen LogP) is 4.54. The van der Waals surface area contributed by atoms with Crippen LogP contribution in [0.2, 0.25) is 5.02 Å². The Bertz CT molecular complexity index is 436. The van der Waals surface area contributed by atoms with E-state index in [0.29, 0.717) is 16.9 Å². The Balaban J connectivity index is 2.14. The summed E-state index contributed by atoms with van der Waals surface area (Å²) in [5.41, 5.74) is 2.16. The van der Waals surface area contributed by atoms with Crippen LogP contribution in [-0.4, -0.2) is 12.6 Å². The zero-order valence-electron chi connectivity index (χ0n) is 12.8. The third-order valence-corrected chi connectivity index (χ3v) is 5.58. The van der Waals surface area contributed by atoms with Crippen LogP contribution in [0.4, 0.5) is 0 Å². The average molecular weight is 280 g/mol. The fourth-order valence-corrected chi connectivity index (χ4v) is 3.95. The largest absolute Gasteiger partial charge is 0.314 e. The van der Waals surface area contributed by atoms with Gasteiger partial charge in [0.05, 0.1) is 0 Å². The van der Waals surface area contributed by atoms with Crippen LogP contribution in [0.5, 0.6) is 0 Å². The summed E-state index contributed by atoms with van der Waals surface area (Å²) in [6, 6.07) is 8.79. The second kappa shape index (κ2) is 5.10. The minimum atomic E-state index is 0.415. The molecule has 1 aromatic carbocycles. The van der Waals surface area contributed by atoms with Crippen LogP contribution in [0, 0.1) is 16.7 Å². The minimum Gasteiger partial charge on any atom is -0.314 e. The van der Waals surface area contributed by atoms with Gasteiger partial charge < -0.3 is 5.32 Å². The van der Waals surface area contributed by atoms with Crippen molar-refractivity contribution in [3.63, 3.8) is 0 Å². The molecule has 0 heterocycles. The molecule has 106 valence electrons.